The molecule has 19 heavy (non-hydrogen) atoms. The molecule has 5 nitrogen and oxygen atoms in total. The number of rotatable bonds is 7. The Kier molecular flexibility index (Phi) is 5.18. The molecule has 5 heteroatoms. The van der Waals surface area contributed by atoms with E-state index in [1.807, 2.05) is 30.3 Å². The van der Waals surface area contributed by atoms with Crippen molar-refractivity contribution in [1.82, 2.24) is 0 Å². The third-order valence-corrected chi connectivity index (χ3v) is 2.95. The van der Waals surface area contributed by atoms with Crippen molar-refractivity contribution in [3.63, 3.8) is 0 Å². The molecule has 104 valence electrons. The monoisotopic (exact) mass is 266 g/mol. The lowest BCUT2D eigenvalue weighted by Gasteiger charge is -2.15. The Morgan fingerprint density at radius 2 is 1.89 bits per heavy atom. The number of hydrogen-bond acceptors (Lipinski definition) is 5. The van der Waals surface area contributed by atoms with Gasteiger partial charge in [-0.15, -0.1) is 0 Å². The fourth-order valence-corrected chi connectivity index (χ4v) is 1.97. The average Bonchev–Trinajstić information content (AvgIpc) is 2.78. The Bertz CT molecular complexity index is 392. The SMILES string of the molecule is O=C1O[C@@H](CCCO)[C@H](COCc2ccccc2)O1. The Labute approximate surface area is 112 Å². The van der Waals surface area contributed by atoms with Gasteiger partial charge in [-0.3, -0.25) is 0 Å². The molecule has 0 aliphatic carbocycles. The van der Waals surface area contributed by atoms with Gasteiger partial charge in [0.2, 0.25) is 0 Å². The predicted molar refractivity (Wildman–Crippen MR) is 67.6 cm³/mol. The minimum absolute atomic E-state index is 0.0750. The van der Waals surface area contributed by atoms with Gasteiger partial charge in [0.15, 0.2) is 6.10 Å². The molecule has 0 unspecified atom stereocenters. The normalized spacial score (nSPS) is 22.1. The lowest BCUT2D eigenvalue weighted by atomic mass is 10.1. The summed E-state index contributed by atoms with van der Waals surface area (Å²) in [5.41, 5.74) is 1.07. The molecule has 1 aromatic carbocycles. The quantitative estimate of drug-likeness (QED) is 0.763. The van der Waals surface area contributed by atoms with Crippen LogP contribution >= 0.6 is 0 Å². The first kappa shape index (κ1) is 13.8. The van der Waals surface area contributed by atoms with Crippen LogP contribution in [-0.4, -0.2) is 36.7 Å². The van der Waals surface area contributed by atoms with Crippen LogP contribution in [0.15, 0.2) is 30.3 Å². The topological polar surface area (TPSA) is 65.0 Å². The average molecular weight is 266 g/mol. The number of ether oxygens (including phenoxy) is 3. The van der Waals surface area contributed by atoms with Crippen molar-refractivity contribution in [2.75, 3.05) is 13.2 Å². The maximum absolute atomic E-state index is 11.1. The molecule has 0 aromatic heterocycles. The zero-order valence-electron chi connectivity index (χ0n) is 10.7. The second kappa shape index (κ2) is 7.11. The van der Waals surface area contributed by atoms with Crippen LogP contribution in [0.2, 0.25) is 0 Å². The smallest absolute Gasteiger partial charge is 0.427 e. The molecule has 0 spiro atoms. The van der Waals surface area contributed by atoms with Crippen molar-refractivity contribution in [3.05, 3.63) is 35.9 Å². The molecular formula is C14H18O5. The molecule has 1 N–H and O–H groups in total. The molecule has 0 saturated carbocycles. The van der Waals surface area contributed by atoms with E-state index in [2.05, 4.69) is 0 Å². The molecule has 2 atom stereocenters. The summed E-state index contributed by atoms with van der Waals surface area (Å²) in [5, 5.41) is 8.79. The number of benzene rings is 1. The van der Waals surface area contributed by atoms with Crippen LogP contribution in [0.1, 0.15) is 18.4 Å². The fraction of sp³-hybridized carbons (Fsp3) is 0.500. The molecule has 1 aliphatic rings. The Morgan fingerprint density at radius 3 is 2.63 bits per heavy atom. The number of cyclic esters (lactones) is 2. The van der Waals surface area contributed by atoms with Gasteiger partial charge in [-0.25, -0.2) is 4.79 Å². The van der Waals surface area contributed by atoms with Crippen LogP contribution in [0.3, 0.4) is 0 Å². The highest BCUT2D eigenvalue weighted by atomic mass is 16.8. The van der Waals surface area contributed by atoms with Gasteiger partial charge in [-0.05, 0) is 18.4 Å². The van der Waals surface area contributed by atoms with Crippen molar-refractivity contribution in [2.24, 2.45) is 0 Å². The molecule has 1 fully saturated rings. The number of aliphatic hydroxyl groups is 1. The maximum Gasteiger partial charge on any atom is 0.509 e. The Hall–Kier alpha value is -1.59. The van der Waals surface area contributed by atoms with Gasteiger partial charge in [-0.2, -0.15) is 0 Å². The van der Waals surface area contributed by atoms with Crippen LogP contribution < -0.4 is 0 Å². The summed E-state index contributed by atoms with van der Waals surface area (Å²) in [6.07, 6.45) is -0.201. The van der Waals surface area contributed by atoms with E-state index in [-0.39, 0.29) is 18.8 Å². The molecule has 1 aliphatic heterocycles. The van der Waals surface area contributed by atoms with Crippen molar-refractivity contribution in [2.45, 2.75) is 31.7 Å². The summed E-state index contributed by atoms with van der Waals surface area (Å²) >= 11 is 0. The second-order valence-electron chi connectivity index (χ2n) is 4.43. The number of carbonyl (C=O) groups is 1. The third-order valence-electron chi connectivity index (χ3n) is 2.95. The van der Waals surface area contributed by atoms with Gasteiger partial charge in [0, 0.05) is 6.61 Å². The van der Waals surface area contributed by atoms with E-state index in [1.165, 1.54) is 0 Å². The fourth-order valence-electron chi connectivity index (χ4n) is 1.97. The Morgan fingerprint density at radius 1 is 1.16 bits per heavy atom. The van der Waals surface area contributed by atoms with Gasteiger partial charge >= 0.3 is 6.16 Å². The first-order chi connectivity index (χ1) is 9.29. The summed E-state index contributed by atoms with van der Waals surface area (Å²) in [7, 11) is 0. The minimum atomic E-state index is -0.656. The molecular weight excluding hydrogens is 248 g/mol. The summed E-state index contributed by atoms with van der Waals surface area (Å²) in [4.78, 5) is 11.1. The van der Waals surface area contributed by atoms with Crippen LogP contribution in [0.5, 0.6) is 0 Å². The van der Waals surface area contributed by atoms with Crippen molar-refractivity contribution >= 4 is 6.16 Å². The van der Waals surface area contributed by atoms with Crippen LogP contribution in [0, 0.1) is 0 Å². The van der Waals surface area contributed by atoms with E-state index < -0.39 is 6.16 Å². The lowest BCUT2D eigenvalue weighted by molar-refractivity contribution is 0.0204. The highest BCUT2D eigenvalue weighted by Crippen LogP contribution is 2.20. The van der Waals surface area contributed by atoms with E-state index in [1.54, 1.807) is 0 Å². The second-order valence-corrected chi connectivity index (χ2v) is 4.43. The van der Waals surface area contributed by atoms with E-state index in [9.17, 15) is 4.79 Å². The lowest BCUT2D eigenvalue weighted by Crippen LogP contribution is -2.27. The number of carbonyl (C=O) groups excluding carboxylic acids is 1. The van der Waals surface area contributed by atoms with Crippen molar-refractivity contribution in [1.29, 1.82) is 0 Å². The summed E-state index contributed by atoms with van der Waals surface area (Å²) < 4.78 is 15.6. The molecule has 1 aromatic rings. The highest BCUT2D eigenvalue weighted by Gasteiger charge is 2.36. The minimum Gasteiger partial charge on any atom is -0.427 e. The number of aliphatic hydroxyl groups excluding tert-OH is 1. The molecule has 0 bridgehead atoms. The number of hydrogen-bond donors (Lipinski definition) is 1. The van der Waals surface area contributed by atoms with Crippen LogP contribution in [0.25, 0.3) is 0 Å². The largest absolute Gasteiger partial charge is 0.509 e. The summed E-state index contributed by atoms with van der Waals surface area (Å²) in [6.45, 7) is 0.851. The molecule has 0 radical (unpaired) electrons. The molecule has 0 amide bonds. The Balaban J connectivity index is 1.76. The predicted octanol–water partition coefficient (Wildman–Crippen LogP) is 1.88. The van der Waals surface area contributed by atoms with Gasteiger partial charge in [-0.1, -0.05) is 30.3 Å². The third kappa shape index (κ3) is 4.22. The van der Waals surface area contributed by atoms with Gasteiger partial charge in [0.25, 0.3) is 0 Å². The standard InChI is InChI=1S/C14H18O5/c15-8-4-7-12-13(19-14(16)18-12)10-17-9-11-5-2-1-3-6-11/h1-3,5-6,12-13,15H,4,7-10H2/t12-,13-/m0/s1. The van der Waals surface area contributed by atoms with E-state index in [4.69, 9.17) is 19.3 Å². The zero-order valence-corrected chi connectivity index (χ0v) is 10.7. The highest BCUT2D eigenvalue weighted by molar-refractivity contribution is 5.62. The van der Waals surface area contributed by atoms with Gasteiger partial charge in [0.05, 0.1) is 13.2 Å². The van der Waals surface area contributed by atoms with E-state index in [0.717, 1.165) is 5.56 Å². The van der Waals surface area contributed by atoms with Gasteiger partial charge in [0.1, 0.15) is 6.10 Å². The van der Waals surface area contributed by atoms with Crippen LogP contribution in [0.4, 0.5) is 4.79 Å². The molecule has 1 heterocycles. The van der Waals surface area contributed by atoms with E-state index in [0.29, 0.717) is 26.1 Å². The van der Waals surface area contributed by atoms with Crippen molar-refractivity contribution in [3.8, 4) is 0 Å². The summed E-state index contributed by atoms with van der Waals surface area (Å²) in [6, 6.07) is 9.78. The van der Waals surface area contributed by atoms with Crippen molar-refractivity contribution < 1.29 is 24.1 Å². The molecule has 1 saturated heterocycles. The summed E-state index contributed by atoms with van der Waals surface area (Å²) in [5.74, 6) is 0. The maximum atomic E-state index is 11.1. The first-order valence-electron chi connectivity index (χ1n) is 6.39. The molecule has 2 rings (SSSR count). The van der Waals surface area contributed by atoms with Crippen LogP contribution in [-0.2, 0) is 20.8 Å². The zero-order chi connectivity index (χ0) is 13.5. The van der Waals surface area contributed by atoms with Gasteiger partial charge < -0.3 is 19.3 Å². The van der Waals surface area contributed by atoms with E-state index >= 15 is 0 Å². The first-order valence-corrected chi connectivity index (χ1v) is 6.39.